The maximum atomic E-state index is 12.0. The Balaban J connectivity index is 2.95. The predicted octanol–water partition coefficient (Wildman–Crippen LogP) is 1.44. The van der Waals surface area contributed by atoms with E-state index in [4.69, 9.17) is 23.2 Å². The number of amides is 1. The summed E-state index contributed by atoms with van der Waals surface area (Å²) in [5, 5.41) is 2.98. The Kier molecular flexibility index (Phi) is 6.93. The molecule has 0 spiro atoms. The van der Waals surface area contributed by atoms with Crippen molar-refractivity contribution in [2.24, 2.45) is 0 Å². The van der Waals surface area contributed by atoms with Crippen LogP contribution < -0.4 is 9.62 Å². The van der Waals surface area contributed by atoms with Crippen LogP contribution in [0.2, 0.25) is 10.0 Å². The number of halogens is 2. The predicted molar refractivity (Wildman–Crippen MR) is 90.2 cm³/mol. The van der Waals surface area contributed by atoms with Gasteiger partial charge in [-0.25, -0.2) is 8.42 Å². The number of benzene rings is 1. The highest BCUT2D eigenvalue weighted by Gasteiger charge is 2.25. The Morgan fingerprint density at radius 2 is 1.77 bits per heavy atom. The molecule has 0 radical (unpaired) electrons. The van der Waals surface area contributed by atoms with Crippen molar-refractivity contribution in [3.63, 3.8) is 0 Å². The van der Waals surface area contributed by atoms with Crippen LogP contribution in [0.3, 0.4) is 0 Å². The van der Waals surface area contributed by atoms with E-state index in [0.29, 0.717) is 13.1 Å². The molecule has 0 aliphatic heterocycles. The molecule has 0 saturated carbocycles. The SMILES string of the molecule is CN(C)CCNC(=O)CN(c1c(Cl)cccc1Cl)S(C)(=O)=O. The number of sulfonamides is 1. The third-order valence-corrected chi connectivity index (χ3v) is 4.48. The maximum Gasteiger partial charge on any atom is 0.240 e. The fraction of sp³-hybridized carbons (Fsp3) is 0.462. The molecule has 1 rings (SSSR count). The molecule has 124 valence electrons. The molecule has 0 aromatic heterocycles. The molecule has 0 atom stereocenters. The molecule has 0 fully saturated rings. The van der Waals surface area contributed by atoms with Crippen molar-refractivity contribution in [2.45, 2.75) is 0 Å². The van der Waals surface area contributed by atoms with Crippen LogP contribution in [0, 0.1) is 0 Å². The van der Waals surface area contributed by atoms with Crippen LogP contribution in [-0.4, -0.2) is 59.2 Å². The lowest BCUT2D eigenvalue weighted by molar-refractivity contribution is -0.119. The Bertz CT molecular complexity index is 615. The molecule has 1 amide bonds. The highest BCUT2D eigenvalue weighted by Crippen LogP contribution is 2.34. The zero-order valence-electron chi connectivity index (χ0n) is 12.6. The molecule has 1 N–H and O–H groups in total. The summed E-state index contributed by atoms with van der Waals surface area (Å²) >= 11 is 12.1. The minimum absolute atomic E-state index is 0.107. The van der Waals surface area contributed by atoms with Crippen molar-refractivity contribution in [3.05, 3.63) is 28.2 Å². The average molecular weight is 368 g/mol. The lowest BCUT2D eigenvalue weighted by Gasteiger charge is -2.24. The van der Waals surface area contributed by atoms with Crippen LogP contribution in [0.1, 0.15) is 0 Å². The van der Waals surface area contributed by atoms with Crippen LogP contribution in [-0.2, 0) is 14.8 Å². The molecule has 0 aliphatic rings. The van der Waals surface area contributed by atoms with Gasteiger partial charge in [-0.2, -0.15) is 0 Å². The third kappa shape index (κ3) is 5.64. The first-order valence-electron chi connectivity index (χ1n) is 6.46. The van der Waals surface area contributed by atoms with Crippen LogP contribution in [0.4, 0.5) is 5.69 Å². The smallest absolute Gasteiger partial charge is 0.240 e. The normalized spacial score (nSPS) is 11.5. The number of nitrogens with zero attached hydrogens (tertiary/aromatic N) is 2. The lowest BCUT2D eigenvalue weighted by Crippen LogP contribution is -2.42. The first-order valence-corrected chi connectivity index (χ1v) is 9.06. The quantitative estimate of drug-likeness (QED) is 0.791. The molecule has 0 aliphatic carbocycles. The molecular weight excluding hydrogens is 349 g/mol. The summed E-state index contributed by atoms with van der Waals surface area (Å²) in [4.78, 5) is 13.9. The Hall–Kier alpha value is -1.02. The monoisotopic (exact) mass is 367 g/mol. The van der Waals surface area contributed by atoms with E-state index in [2.05, 4.69) is 5.32 Å². The second-order valence-electron chi connectivity index (χ2n) is 4.99. The van der Waals surface area contributed by atoms with Gasteiger partial charge in [0.2, 0.25) is 15.9 Å². The summed E-state index contributed by atoms with van der Waals surface area (Å²) in [5.41, 5.74) is 0.107. The van der Waals surface area contributed by atoms with Crippen LogP contribution in [0.5, 0.6) is 0 Å². The van der Waals surface area contributed by atoms with Gasteiger partial charge < -0.3 is 10.2 Å². The minimum atomic E-state index is -3.71. The number of para-hydroxylation sites is 1. The Morgan fingerprint density at radius 3 is 2.23 bits per heavy atom. The van der Waals surface area contributed by atoms with Crippen molar-refractivity contribution in [1.82, 2.24) is 10.2 Å². The molecule has 9 heteroatoms. The summed E-state index contributed by atoms with van der Waals surface area (Å²) in [6.45, 7) is 0.687. The molecule has 0 unspecified atom stereocenters. The van der Waals surface area contributed by atoms with Gasteiger partial charge in [-0.1, -0.05) is 29.3 Å². The summed E-state index contributed by atoms with van der Waals surface area (Å²) in [6, 6.07) is 4.64. The molecular formula is C13H19Cl2N3O3S. The first-order chi connectivity index (χ1) is 10.1. The number of rotatable bonds is 7. The highest BCUT2D eigenvalue weighted by molar-refractivity contribution is 7.92. The zero-order valence-corrected chi connectivity index (χ0v) is 15.0. The van der Waals surface area contributed by atoms with Gasteiger partial charge in [0, 0.05) is 13.1 Å². The summed E-state index contributed by atoms with van der Waals surface area (Å²) in [5.74, 6) is -0.428. The summed E-state index contributed by atoms with van der Waals surface area (Å²) in [7, 11) is 0.0408. The van der Waals surface area contributed by atoms with Gasteiger partial charge in [0.15, 0.2) is 0 Å². The molecule has 1 aromatic rings. The molecule has 22 heavy (non-hydrogen) atoms. The van der Waals surface area contributed by atoms with Crippen molar-refractivity contribution < 1.29 is 13.2 Å². The maximum absolute atomic E-state index is 12.0. The number of nitrogens with one attached hydrogen (secondary N) is 1. The Labute approximate surface area is 141 Å². The second kappa shape index (κ2) is 8.01. The van der Waals surface area contributed by atoms with Gasteiger partial charge in [0.25, 0.3) is 0 Å². The van der Waals surface area contributed by atoms with Crippen molar-refractivity contribution in [2.75, 3.05) is 44.3 Å². The van der Waals surface area contributed by atoms with Gasteiger partial charge in [-0.05, 0) is 26.2 Å². The number of hydrogen-bond donors (Lipinski definition) is 1. The molecule has 6 nitrogen and oxygen atoms in total. The number of likely N-dealkylation sites (N-methyl/N-ethyl adjacent to an activating group) is 1. The number of anilines is 1. The van der Waals surface area contributed by atoms with Gasteiger partial charge in [-0.3, -0.25) is 9.10 Å². The molecule has 1 aromatic carbocycles. The minimum Gasteiger partial charge on any atom is -0.353 e. The van der Waals surface area contributed by atoms with Crippen LogP contribution in [0.15, 0.2) is 18.2 Å². The largest absolute Gasteiger partial charge is 0.353 e. The van der Waals surface area contributed by atoms with E-state index in [1.54, 1.807) is 6.07 Å². The van der Waals surface area contributed by atoms with Gasteiger partial charge in [-0.15, -0.1) is 0 Å². The topological polar surface area (TPSA) is 69.7 Å². The van der Waals surface area contributed by atoms with E-state index in [1.807, 2.05) is 19.0 Å². The number of hydrogen-bond acceptors (Lipinski definition) is 4. The van der Waals surface area contributed by atoms with E-state index in [-0.39, 0.29) is 22.3 Å². The van der Waals surface area contributed by atoms with Crippen molar-refractivity contribution in [1.29, 1.82) is 0 Å². The van der Waals surface area contributed by atoms with Gasteiger partial charge >= 0.3 is 0 Å². The molecule has 0 heterocycles. The molecule has 0 bridgehead atoms. The molecule has 0 saturated heterocycles. The first kappa shape index (κ1) is 19.0. The van der Waals surface area contributed by atoms with Crippen LogP contribution in [0.25, 0.3) is 0 Å². The van der Waals surface area contributed by atoms with Crippen molar-refractivity contribution >= 4 is 44.8 Å². The third-order valence-electron chi connectivity index (χ3n) is 2.76. The van der Waals surface area contributed by atoms with Gasteiger partial charge in [0.1, 0.15) is 6.54 Å². The summed E-state index contributed by atoms with van der Waals surface area (Å²) < 4.78 is 24.9. The zero-order chi connectivity index (χ0) is 16.9. The van der Waals surface area contributed by atoms with E-state index < -0.39 is 15.9 Å². The number of carbonyl (C=O) groups is 1. The fourth-order valence-electron chi connectivity index (χ4n) is 1.69. The van der Waals surface area contributed by atoms with Crippen molar-refractivity contribution in [3.8, 4) is 0 Å². The fourth-order valence-corrected chi connectivity index (χ4v) is 3.28. The average Bonchev–Trinajstić information content (AvgIpc) is 2.35. The standard InChI is InChI=1S/C13H19Cl2N3O3S/c1-17(2)8-7-16-12(19)9-18(22(3,20)21)13-10(14)5-4-6-11(13)15/h4-6H,7-9H2,1-3H3,(H,16,19). The lowest BCUT2D eigenvalue weighted by atomic mass is 10.3. The Morgan fingerprint density at radius 1 is 1.23 bits per heavy atom. The van der Waals surface area contributed by atoms with E-state index >= 15 is 0 Å². The second-order valence-corrected chi connectivity index (χ2v) is 7.71. The van der Waals surface area contributed by atoms with Gasteiger partial charge in [0.05, 0.1) is 22.0 Å². The van der Waals surface area contributed by atoms with E-state index in [9.17, 15) is 13.2 Å². The summed E-state index contributed by atoms with van der Waals surface area (Å²) in [6.07, 6.45) is 1.000. The highest BCUT2D eigenvalue weighted by atomic mass is 35.5. The van der Waals surface area contributed by atoms with E-state index in [0.717, 1.165) is 10.6 Å². The van der Waals surface area contributed by atoms with E-state index in [1.165, 1.54) is 12.1 Å². The number of carbonyl (C=O) groups excluding carboxylic acids is 1. The van der Waals surface area contributed by atoms with Crippen LogP contribution >= 0.6 is 23.2 Å².